The summed E-state index contributed by atoms with van der Waals surface area (Å²) in [5.74, 6) is 0. The Morgan fingerprint density at radius 1 is 1.70 bits per heavy atom. The number of hydrogen-bond donors (Lipinski definition) is 0. The number of nitriles is 1. The number of nitrogens with zero attached hydrogens (tertiary/aromatic N) is 2. The fraction of sp³-hybridized carbons (Fsp3) is 0.714. The first-order chi connectivity index (χ1) is 4.85. The average Bonchev–Trinajstić information content (AvgIpc) is 1.98. The Morgan fingerprint density at radius 3 is 2.80 bits per heavy atom. The van der Waals surface area contributed by atoms with Gasteiger partial charge in [0, 0.05) is 12.8 Å². The van der Waals surface area contributed by atoms with E-state index in [-0.39, 0.29) is 0 Å². The first-order valence-electron chi connectivity index (χ1n) is 3.31. The molecule has 0 aromatic carbocycles. The van der Waals surface area contributed by atoms with Crippen LogP contribution in [0.15, 0.2) is 5.16 Å². The van der Waals surface area contributed by atoms with E-state index in [0.717, 1.165) is 18.6 Å². The molecule has 0 unspecified atom stereocenters. The van der Waals surface area contributed by atoms with E-state index in [9.17, 15) is 0 Å². The first-order valence-corrected chi connectivity index (χ1v) is 3.31. The first kappa shape index (κ1) is 8.96. The molecule has 0 saturated heterocycles. The van der Waals surface area contributed by atoms with Gasteiger partial charge in [0.15, 0.2) is 0 Å². The van der Waals surface area contributed by atoms with Crippen LogP contribution in [0.4, 0.5) is 0 Å². The molecule has 0 aliphatic carbocycles. The maximum absolute atomic E-state index is 8.23. The van der Waals surface area contributed by atoms with E-state index < -0.39 is 0 Å². The van der Waals surface area contributed by atoms with Gasteiger partial charge in [-0.05, 0) is 6.42 Å². The molecular weight excluding hydrogens is 128 g/mol. The minimum Gasteiger partial charge on any atom is -0.399 e. The highest BCUT2D eigenvalue weighted by atomic mass is 16.6. The fourth-order valence-electron chi connectivity index (χ4n) is 0.616. The monoisotopic (exact) mass is 140 g/mol. The van der Waals surface area contributed by atoms with Crippen molar-refractivity contribution in [3.63, 3.8) is 0 Å². The lowest BCUT2D eigenvalue weighted by molar-refractivity contribution is 0.212. The zero-order chi connectivity index (χ0) is 7.82. The molecule has 0 aromatic rings. The predicted molar refractivity (Wildman–Crippen MR) is 39.6 cm³/mol. The van der Waals surface area contributed by atoms with E-state index >= 15 is 0 Å². The van der Waals surface area contributed by atoms with Crippen LogP contribution < -0.4 is 0 Å². The largest absolute Gasteiger partial charge is 0.399 e. The molecule has 0 fully saturated rings. The lowest BCUT2D eigenvalue weighted by Gasteiger charge is -1.96. The molecule has 0 rings (SSSR count). The molecule has 0 atom stereocenters. The van der Waals surface area contributed by atoms with Gasteiger partial charge in [-0.2, -0.15) is 5.26 Å². The lowest BCUT2D eigenvalue weighted by Crippen LogP contribution is -1.95. The SMILES string of the molecule is CC/C(CCC#N)=N\OC. The number of rotatable bonds is 4. The van der Waals surface area contributed by atoms with Gasteiger partial charge >= 0.3 is 0 Å². The van der Waals surface area contributed by atoms with Gasteiger partial charge in [0.2, 0.25) is 0 Å². The minimum absolute atomic E-state index is 0.524. The summed E-state index contributed by atoms with van der Waals surface area (Å²) in [6.07, 6.45) is 2.10. The van der Waals surface area contributed by atoms with Crippen LogP contribution >= 0.6 is 0 Å². The van der Waals surface area contributed by atoms with Gasteiger partial charge in [-0.1, -0.05) is 12.1 Å². The summed E-state index contributed by atoms with van der Waals surface area (Å²) in [6.45, 7) is 2.00. The topological polar surface area (TPSA) is 45.4 Å². The van der Waals surface area contributed by atoms with Crippen molar-refractivity contribution in [3.05, 3.63) is 0 Å². The summed E-state index contributed by atoms with van der Waals surface area (Å²) in [5, 5.41) is 12.0. The van der Waals surface area contributed by atoms with Crippen molar-refractivity contribution in [1.82, 2.24) is 0 Å². The molecule has 0 aromatic heterocycles. The van der Waals surface area contributed by atoms with Crippen molar-refractivity contribution in [2.75, 3.05) is 7.11 Å². The molecular formula is C7H12N2O. The Hall–Kier alpha value is -1.04. The van der Waals surface area contributed by atoms with Crippen molar-refractivity contribution in [1.29, 1.82) is 5.26 Å². The lowest BCUT2D eigenvalue weighted by atomic mass is 10.2. The van der Waals surface area contributed by atoms with Crippen LogP contribution in [0.1, 0.15) is 26.2 Å². The third kappa shape index (κ3) is 3.90. The van der Waals surface area contributed by atoms with Crippen LogP contribution in [0.25, 0.3) is 0 Å². The summed E-state index contributed by atoms with van der Waals surface area (Å²) in [4.78, 5) is 4.57. The van der Waals surface area contributed by atoms with Gasteiger partial charge < -0.3 is 4.84 Å². The zero-order valence-corrected chi connectivity index (χ0v) is 6.42. The summed E-state index contributed by atoms with van der Waals surface area (Å²) >= 11 is 0. The Balaban J connectivity index is 3.62. The van der Waals surface area contributed by atoms with Crippen LogP contribution in [0.2, 0.25) is 0 Å². The third-order valence-electron chi connectivity index (χ3n) is 1.15. The maximum Gasteiger partial charge on any atom is 0.106 e. The van der Waals surface area contributed by atoms with Gasteiger partial charge in [0.1, 0.15) is 7.11 Å². The smallest absolute Gasteiger partial charge is 0.106 e. The molecule has 0 saturated carbocycles. The molecule has 3 nitrogen and oxygen atoms in total. The molecule has 0 aliphatic heterocycles. The van der Waals surface area contributed by atoms with Crippen molar-refractivity contribution in [3.8, 4) is 6.07 Å². The summed E-state index contributed by atoms with van der Waals surface area (Å²) in [6, 6.07) is 2.05. The minimum atomic E-state index is 0.524. The van der Waals surface area contributed by atoms with E-state index in [4.69, 9.17) is 5.26 Å². The molecule has 0 aliphatic rings. The standard InChI is InChI=1S/C7H12N2O/c1-3-7(9-10-2)5-4-6-8/h3-5H2,1-2H3/b9-7+. The molecule has 10 heavy (non-hydrogen) atoms. The molecule has 0 radical (unpaired) electrons. The highest BCUT2D eigenvalue weighted by molar-refractivity contribution is 5.83. The molecule has 56 valence electrons. The predicted octanol–water partition coefficient (Wildman–Crippen LogP) is 1.70. The van der Waals surface area contributed by atoms with Crippen molar-refractivity contribution >= 4 is 5.71 Å². The molecule has 0 bridgehead atoms. The Bertz CT molecular complexity index is 146. The van der Waals surface area contributed by atoms with Crippen molar-refractivity contribution in [2.24, 2.45) is 5.16 Å². The number of oxime groups is 1. The van der Waals surface area contributed by atoms with Crippen LogP contribution in [-0.2, 0) is 4.84 Å². The zero-order valence-electron chi connectivity index (χ0n) is 6.42. The molecule has 0 N–H and O–H groups in total. The van der Waals surface area contributed by atoms with E-state index in [1.807, 2.05) is 6.92 Å². The second-order valence-electron chi connectivity index (χ2n) is 1.85. The van der Waals surface area contributed by atoms with Gasteiger partial charge in [-0.25, -0.2) is 0 Å². The van der Waals surface area contributed by atoms with E-state index in [1.165, 1.54) is 7.11 Å². The van der Waals surface area contributed by atoms with Crippen molar-refractivity contribution in [2.45, 2.75) is 26.2 Å². The Kier molecular flexibility index (Phi) is 5.45. The quantitative estimate of drug-likeness (QED) is 0.440. The highest BCUT2D eigenvalue weighted by Gasteiger charge is 1.94. The average molecular weight is 140 g/mol. The Labute approximate surface area is 61.3 Å². The normalized spacial score (nSPS) is 10.7. The molecule has 0 amide bonds. The second kappa shape index (κ2) is 6.09. The van der Waals surface area contributed by atoms with E-state index in [0.29, 0.717) is 6.42 Å². The third-order valence-corrected chi connectivity index (χ3v) is 1.15. The van der Waals surface area contributed by atoms with Crippen LogP contribution in [-0.4, -0.2) is 12.8 Å². The van der Waals surface area contributed by atoms with Crippen LogP contribution in [0, 0.1) is 11.3 Å². The Morgan fingerprint density at radius 2 is 2.40 bits per heavy atom. The number of hydrogen-bond acceptors (Lipinski definition) is 3. The van der Waals surface area contributed by atoms with Crippen molar-refractivity contribution < 1.29 is 4.84 Å². The molecule has 0 heterocycles. The fourth-order valence-corrected chi connectivity index (χ4v) is 0.616. The highest BCUT2D eigenvalue weighted by Crippen LogP contribution is 1.96. The molecule has 3 heteroatoms. The maximum atomic E-state index is 8.23. The van der Waals surface area contributed by atoms with Gasteiger partial charge in [-0.3, -0.25) is 0 Å². The van der Waals surface area contributed by atoms with E-state index in [2.05, 4.69) is 16.1 Å². The summed E-state index contributed by atoms with van der Waals surface area (Å²) < 4.78 is 0. The van der Waals surface area contributed by atoms with Gasteiger partial charge in [0.05, 0.1) is 11.8 Å². The summed E-state index contributed by atoms with van der Waals surface area (Å²) in [5.41, 5.74) is 0.948. The van der Waals surface area contributed by atoms with Gasteiger partial charge in [0.25, 0.3) is 0 Å². The van der Waals surface area contributed by atoms with E-state index in [1.54, 1.807) is 0 Å². The van der Waals surface area contributed by atoms with Crippen LogP contribution in [0.5, 0.6) is 0 Å². The summed E-state index contributed by atoms with van der Waals surface area (Å²) in [7, 11) is 1.52. The molecule has 0 spiro atoms. The van der Waals surface area contributed by atoms with Crippen LogP contribution in [0.3, 0.4) is 0 Å². The van der Waals surface area contributed by atoms with Gasteiger partial charge in [-0.15, -0.1) is 0 Å². The second-order valence-corrected chi connectivity index (χ2v) is 1.85.